The number of hydrogen-bond acceptors (Lipinski definition) is 5. The molecule has 0 bridgehead atoms. The van der Waals surface area contributed by atoms with Gasteiger partial charge in [-0.2, -0.15) is 18.2 Å². The van der Waals surface area contributed by atoms with Crippen LogP contribution in [0.5, 0.6) is 0 Å². The van der Waals surface area contributed by atoms with Gasteiger partial charge < -0.3 is 19.5 Å². The number of benzene rings is 1. The van der Waals surface area contributed by atoms with Gasteiger partial charge in [-0.3, -0.25) is 0 Å². The third-order valence-corrected chi connectivity index (χ3v) is 4.58. The molecule has 7 nitrogen and oxygen atoms in total. The van der Waals surface area contributed by atoms with Crippen LogP contribution >= 0.6 is 0 Å². The predicted molar refractivity (Wildman–Crippen MR) is 99.3 cm³/mol. The second-order valence-corrected chi connectivity index (χ2v) is 6.75. The summed E-state index contributed by atoms with van der Waals surface area (Å²) in [5.74, 6) is -1.34. The summed E-state index contributed by atoms with van der Waals surface area (Å²) in [6, 6.07) is 8.18. The number of nitrogens with zero attached hydrogens (tertiary/aromatic N) is 3. The van der Waals surface area contributed by atoms with Gasteiger partial charge in [0.2, 0.25) is 0 Å². The summed E-state index contributed by atoms with van der Waals surface area (Å²) >= 11 is 0. The van der Waals surface area contributed by atoms with Crippen LogP contribution in [0.4, 0.5) is 13.2 Å². The summed E-state index contributed by atoms with van der Waals surface area (Å²) in [6.45, 7) is 3.63. The van der Waals surface area contributed by atoms with Crippen LogP contribution in [-0.4, -0.2) is 56.9 Å². The van der Waals surface area contributed by atoms with Gasteiger partial charge in [0, 0.05) is 29.1 Å². The Morgan fingerprint density at radius 1 is 1.24 bits per heavy atom. The average molecular weight is 410 g/mol. The molecule has 0 atom stereocenters. The van der Waals surface area contributed by atoms with Crippen molar-refractivity contribution in [3.05, 3.63) is 36.3 Å². The largest absolute Gasteiger partial charge is 0.490 e. The van der Waals surface area contributed by atoms with Gasteiger partial charge in [-0.05, 0) is 63.2 Å². The van der Waals surface area contributed by atoms with Gasteiger partial charge >= 0.3 is 12.1 Å². The summed E-state index contributed by atoms with van der Waals surface area (Å²) in [7, 11) is 0. The Labute approximate surface area is 164 Å². The van der Waals surface area contributed by atoms with Crippen molar-refractivity contribution in [3.8, 4) is 11.5 Å². The fraction of sp³-hybridized carbons (Fsp3) is 0.421. The van der Waals surface area contributed by atoms with Crippen LogP contribution in [0.3, 0.4) is 0 Å². The van der Waals surface area contributed by atoms with Crippen molar-refractivity contribution in [1.82, 2.24) is 20.0 Å². The standard InChI is InChI=1S/C17H20N4O.C2HF3O2/c1-2-10-21(9-1)11-3-4-16-19-17(22-20-16)14-5-6-15-13(12-14)7-8-18-15;3-2(4,5)1(6)7/h5-8,12,18H,1-4,9-11H2;(H,6,7). The number of carbonyl (C=O) groups is 1. The van der Waals surface area contributed by atoms with E-state index in [9.17, 15) is 13.2 Å². The van der Waals surface area contributed by atoms with E-state index in [1.54, 1.807) is 0 Å². The van der Waals surface area contributed by atoms with Crippen LogP contribution in [0.2, 0.25) is 0 Å². The maximum atomic E-state index is 10.6. The lowest BCUT2D eigenvalue weighted by atomic mass is 10.1. The van der Waals surface area contributed by atoms with Gasteiger partial charge in [0.25, 0.3) is 5.89 Å². The molecule has 3 heterocycles. The number of alkyl halides is 3. The minimum Gasteiger partial charge on any atom is -0.475 e. The third-order valence-electron chi connectivity index (χ3n) is 4.58. The number of aliphatic carboxylic acids is 1. The zero-order chi connectivity index (χ0) is 20.9. The molecule has 0 amide bonds. The lowest BCUT2D eigenvalue weighted by Gasteiger charge is -2.12. The Kier molecular flexibility index (Phi) is 6.53. The number of rotatable bonds is 5. The zero-order valence-electron chi connectivity index (χ0n) is 15.6. The molecule has 0 radical (unpaired) electrons. The molecule has 29 heavy (non-hydrogen) atoms. The molecule has 2 aromatic heterocycles. The second-order valence-electron chi connectivity index (χ2n) is 6.75. The molecule has 1 fully saturated rings. The Hall–Kier alpha value is -2.88. The van der Waals surface area contributed by atoms with E-state index in [2.05, 4.69) is 26.1 Å². The van der Waals surface area contributed by atoms with Crippen LogP contribution in [-0.2, 0) is 11.2 Å². The molecule has 0 saturated carbocycles. The molecular weight excluding hydrogens is 389 g/mol. The molecule has 0 aliphatic carbocycles. The Morgan fingerprint density at radius 2 is 1.97 bits per heavy atom. The molecule has 10 heteroatoms. The van der Waals surface area contributed by atoms with Crippen molar-refractivity contribution in [2.24, 2.45) is 0 Å². The number of fused-ring (bicyclic) bond motifs is 1. The number of nitrogens with one attached hydrogen (secondary N) is 1. The van der Waals surface area contributed by atoms with Crippen molar-refractivity contribution in [1.29, 1.82) is 0 Å². The zero-order valence-corrected chi connectivity index (χ0v) is 15.6. The summed E-state index contributed by atoms with van der Waals surface area (Å²) < 4.78 is 37.1. The lowest BCUT2D eigenvalue weighted by molar-refractivity contribution is -0.192. The topological polar surface area (TPSA) is 95.2 Å². The number of aromatic nitrogens is 3. The number of likely N-dealkylation sites (tertiary alicyclic amines) is 1. The van der Waals surface area contributed by atoms with Crippen LogP contribution in [0.1, 0.15) is 25.1 Å². The van der Waals surface area contributed by atoms with E-state index in [1.165, 1.54) is 25.9 Å². The summed E-state index contributed by atoms with van der Waals surface area (Å²) in [5, 5.41) is 12.4. The molecule has 4 rings (SSSR count). The molecular formula is C19H21F3N4O3. The van der Waals surface area contributed by atoms with E-state index < -0.39 is 12.1 Å². The molecule has 1 saturated heterocycles. The van der Waals surface area contributed by atoms with Crippen molar-refractivity contribution >= 4 is 16.9 Å². The Balaban J connectivity index is 0.000000298. The number of H-pyrrole nitrogens is 1. The van der Waals surface area contributed by atoms with E-state index in [-0.39, 0.29) is 0 Å². The number of carboxylic acid groups (broad SMARTS) is 1. The summed E-state index contributed by atoms with van der Waals surface area (Å²) in [4.78, 5) is 19.1. The number of aromatic amines is 1. The maximum Gasteiger partial charge on any atom is 0.490 e. The molecule has 2 N–H and O–H groups in total. The molecule has 1 aliphatic heterocycles. The highest BCUT2D eigenvalue weighted by Gasteiger charge is 2.38. The highest BCUT2D eigenvalue weighted by atomic mass is 19.4. The number of halogens is 3. The Morgan fingerprint density at radius 3 is 2.66 bits per heavy atom. The van der Waals surface area contributed by atoms with E-state index in [0.717, 1.165) is 41.7 Å². The first-order chi connectivity index (χ1) is 13.8. The number of hydrogen-bond donors (Lipinski definition) is 2. The van der Waals surface area contributed by atoms with Gasteiger partial charge in [0.15, 0.2) is 5.82 Å². The molecule has 0 spiro atoms. The first-order valence-electron chi connectivity index (χ1n) is 9.25. The molecule has 156 valence electrons. The summed E-state index contributed by atoms with van der Waals surface area (Å²) in [5.41, 5.74) is 2.10. The van der Waals surface area contributed by atoms with Crippen LogP contribution in [0, 0.1) is 0 Å². The normalized spacial score (nSPS) is 14.7. The van der Waals surface area contributed by atoms with E-state index in [0.29, 0.717) is 5.89 Å². The van der Waals surface area contributed by atoms with E-state index in [4.69, 9.17) is 14.4 Å². The van der Waals surface area contributed by atoms with Crippen molar-refractivity contribution in [2.75, 3.05) is 19.6 Å². The average Bonchev–Trinajstić information content (AvgIpc) is 3.42. The van der Waals surface area contributed by atoms with Crippen LogP contribution in [0.15, 0.2) is 35.0 Å². The lowest BCUT2D eigenvalue weighted by Crippen LogP contribution is -2.21. The quantitative estimate of drug-likeness (QED) is 0.663. The highest BCUT2D eigenvalue weighted by molar-refractivity contribution is 5.83. The highest BCUT2D eigenvalue weighted by Crippen LogP contribution is 2.22. The van der Waals surface area contributed by atoms with Crippen LogP contribution in [0.25, 0.3) is 22.4 Å². The summed E-state index contributed by atoms with van der Waals surface area (Å²) in [6.07, 6.45) is 1.51. The molecule has 1 aliphatic rings. The minimum atomic E-state index is -5.08. The molecule has 1 aromatic carbocycles. The van der Waals surface area contributed by atoms with Gasteiger partial charge in [0.05, 0.1) is 0 Å². The number of carboxylic acids is 1. The third kappa shape index (κ3) is 5.80. The predicted octanol–water partition coefficient (Wildman–Crippen LogP) is 3.88. The van der Waals surface area contributed by atoms with Gasteiger partial charge in [0.1, 0.15) is 0 Å². The van der Waals surface area contributed by atoms with Gasteiger partial charge in [-0.15, -0.1) is 0 Å². The second kappa shape index (κ2) is 9.08. The first kappa shape index (κ1) is 20.8. The fourth-order valence-corrected chi connectivity index (χ4v) is 3.13. The fourth-order valence-electron chi connectivity index (χ4n) is 3.13. The number of aryl methyl sites for hydroxylation is 1. The first-order valence-corrected chi connectivity index (χ1v) is 9.25. The monoisotopic (exact) mass is 410 g/mol. The van der Waals surface area contributed by atoms with E-state index >= 15 is 0 Å². The van der Waals surface area contributed by atoms with E-state index in [1.807, 2.05) is 24.4 Å². The van der Waals surface area contributed by atoms with Crippen molar-refractivity contribution < 1.29 is 27.6 Å². The van der Waals surface area contributed by atoms with Gasteiger partial charge in [-0.25, -0.2) is 4.79 Å². The molecule has 0 unspecified atom stereocenters. The van der Waals surface area contributed by atoms with Gasteiger partial charge in [-0.1, -0.05) is 5.16 Å². The SMILES string of the molecule is O=C(O)C(F)(F)F.c1cc2cc(-c3nc(CCCN4CCCC4)no3)ccc2[nH]1. The smallest absolute Gasteiger partial charge is 0.475 e. The van der Waals surface area contributed by atoms with Crippen molar-refractivity contribution in [2.45, 2.75) is 31.9 Å². The minimum absolute atomic E-state index is 0.610. The van der Waals surface area contributed by atoms with Crippen LogP contribution < -0.4 is 0 Å². The molecule has 3 aromatic rings. The maximum absolute atomic E-state index is 10.6. The van der Waals surface area contributed by atoms with Crippen molar-refractivity contribution in [3.63, 3.8) is 0 Å². The Bertz CT molecular complexity index is 945.